The van der Waals surface area contributed by atoms with E-state index in [-0.39, 0.29) is 12.0 Å². The van der Waals surface area contributed by atoms with E-state index in [0.717, 1.165) is 40.0 Å². The predicted molar refractivity (Wildman–Crippen MR) is 179 cm³/mol. The van der Waals surface area contributed by atoms with Gasteiger partial charge in [0.1, 0.15) is 5.01 Å². The van der Waals surface area contributed by atoms with Crippen LogP contribution < -0.4 is 5.32 Å². The Hall–Kier alpha value is -3.48. The van der Waals surface area contributed by atoms with Crippen LogP contribution in [0, 0.1) is 5.92 Å². The number of benzene rings is 3. The van der Waals surface area contributed by atoms with Gasteiger partial charge in [-0.05, 0) is 78.2 Å². The highest BCUT2D eigenvalue weighted by atomic mass is 32.1. The van der Waals surface area contributed by atoms with Crippen LogP contribution in [0.2, 0.25) is 0 Å². The second kappa shape index (κ2) is 14.3. The van der Waals surface area contributed by atoms with E-state index in [1.165, 1.54) is 43.2 Å². The lowest BCUT2D eigenvalue weighted by Gasteiger charge is -2.29. The maximum Gasteiger partial charge on any atom is 0.317 e. The molecule has 0 aliphatic heterocycles. The standard InChI is InChI=1S/C37H45N3O2S/c1-37(2,3)32-17-13-30(14-18-32)29-11-9-27(10-12-29)21-22-38-33-19-15-31(16-20-33)34-26-43-35(39-34)24-40(25-36(41)42)23-28-7-5-4-6-8-28/h4-8,13-20,26-27,29,38H,9-12,21-25H2,1-3H3,(H,41,42). The highest BCUT2D eigenvalue weighted by molar-refractivity contribution is 7.09. The van der Waals surface area contributed by atoms with Crippen molar-refractivity contribution in [3.05, 3.63) is 106 Å². The number of nitrogens with one attached hydrogen (secondary N) is 1. The van der Waals surface area contributed by atoms with Crippen LogP contribution >= 0.6 is 11.3 Å². The first-order valence-corrected chi connectivity index (χ1v) is 16.5. The molecule has 6 heteroatoms. The summed E-state index contributed by atoms with van der Waals surface area (Å²) in [6, 6.07) is 27.9. The quantitative estimate of drug-likeness (QED) is 0.171. The zero-order chi connectivity index (χ0) is 30.2. The molecule has 0 bridgehead atoms. The number of anilines is 1. The van der Waals surface area contributed by atoms with Crippen LogP contribution in [0.1, 0.15) is 80.5 Å². The second-order valence-corrected chi connectivity index (χ2v) is 14.0. The molecular weight excluding hydrogens is 550 g/mol. The van der Waals surface area contributed by atoms with Gasteiger partial charge in [-0.1, -0.05) is 87.5 Å². The molecule has 5 rings (SSSR count). The molecule has 1 fully saturated rings. The van der Waals surface area contributed by atoms with E-state index in [0.29, 0.717) is 19.0 Å². The molecule has 226 valence electrons. The lowest BCUT2D eigenvalue weighted by Crippen LogP contribution is -2.28. The lowest BCUT2D eigenvalue weighted by molar-refractivity contribution is -0.138. The summed E-state index contributed by atoms with van der Waals surface area (Å²) in [5.41, 5.74) is 7.39. The number of thiazole rings is 1. The molecule has 1 aliphatic rings. The Labute approximate surface area is 261 Å². The fourth-order valence-corrected chi connectivity index (χ4v) is 6.97. The minimum absolute atomic E-state index is 0.0168. The van der Waals surface area contributed by atoms with Crippen LogP contribution in [0.3, 0.4) is 0 Å². The third-order valence-electron chi connectivity index (χ3n) is 8.68. The summed E-state index contributed by atoms with van der Waals surface area (Å²) in [7, 11) is 0. The third-order valence-corrected chi connectivity index (χ3v) is 9.51. The molecule has 1 aliphatic carbocycles. The van der Waals surface area contributed by atoms with Crippen molar-refractivity contribution in [1.82, 2.24) is 9.88 Å². The number of carbonyl (C=O) groups is 1. The van der Waals surface area contributed by atoms with Gasteiger partial charge in [0.15, 0.2) is 0 Å². The summed E-state index contributed by atoms with van der Waals surface area (Å²) in [6.45, 7) is 8.91. The first kappa shape index (κ1) is 31.0. The average Bonchev–Trinajstić information content (AvgIpc) is 3.46. The maximum atomic E-state index is 11.5. The van der Waals surface area contributed by atoms with E-state index in [9.17, 15) is 9.90 Å². The maximum absolute atomic E-state index is 11.5. The topological polar surface area (TPSA) is 65.5 Å². The average molecular weight is 596 g/mol. The molecule has 0 saturated heterocycles. The zero-order valence-electron chi connectivity index (χ0n) is 25.8. The van der Waals surface area contributed by atoms with Gasteiger partial charge in [-0.3, -0.25) is 9.69 Å². The molecule has 5 nitrogen and oxygen atoms in total. The lowest BCUT2D eigenvalue weighted by atomic mass is 9.77. The molecule has 0 spiro atoms. The van der Waals surface area contributed by atoms with Gasteiger partial charge in [0.05, 0.1) is 18.8 Å². The summed E-state index contributed by atoms with van der Waals surface area (Å²) in [4.78, 5) is 18.2. The molecule has 0 unspecified atom stereocenters. The number of aromatic nitrogens is 1. The molecule has 1 heterocycles. The van der Waals surface area contributed by atoms with Gasteiger partial charge < -0.3 is 10.4 Å². The molecular formula is C37H45N3O2S. The first-order valence-electron chi connectivity index (χ1n) is 15.6. The largest absolute Gasteiger partial charge is 0.480 e. The molecule has 1 aromatic heterocycles. The fraction of sp³-hybridized carbons (Fsp3) is 0.405. The van der Waals surface area contributed by atoms with Gasteiger partial charge in [0.2, 0.25) is 0 Å². The molecule has 0 amide bonds. The summed E-state index contributed by atoms with van der Waals surface area (Å²) >= 11 is 1.58. The SMILES string of the molecule is CC(C)(C)c1ccc(C2CCC(CCNc3ccc(-c4csc(CN(CC(=O)O)Cc5ccccc5)n4)cc3)CC2)cc1. The van der Waals surface area contributed by atoms with Crippen molar-refractivity contribution in [2.45, 2.75) is 77.3 Å². The van der Waals surface area contributed by atoms with Crippen molar-refractivity contribution in [2.75, 3.05) is 18.4 Å². The van der Waals surface area contributed by atoms with Gasteiger partial charge >= 0.3 is 5.97 Å². The predicted octanol–water partition coefficient (Wildman–Crippen LogP) is 8.97. The Morgan fingerprint density at radius 1 is 0.930 bits per heavy atom. The van der Waals surface area contributed by atoms with Gasteiger partial charge in [-0.15, -0.1) is 11.3 Å². The molecule has 0 atom stereocenters. The summed E-state index contributed by atoms with van der Waals surface area (Å²) < 4.78 is 0. The number of carboxylic acid groups (broad SMARTS) is 1. The molecule has 4 aromatic rings. The summed E-state index contributed by atoms with van der Waals surface area (Å²) in [5, 5.41) is 16.0. The monoisotopic (exact) mass is 595 g/mol. The van der Waals surface area contributed by atoms with Crippen LogP contribution in [0.4, 0.5) is 5.69 Å². The minimum Gasteiger partial charge on any atom is -0.480 e. The van der Waals surface area contributed by atoms with E-state index in [2.05, 4.69) is 80.0 Å². The molecule has 3 aromatic carbocycles. The van der Waals surface area contributed by atoms with Crippen molar-refractivity contribution >= 4 is 23.0 Å². The number of hydrogen-bond donors (Lipinski definition) is 2. The number of carboxylic acids is 1. The zero-order valence-corrected chi connectivity index (χ0v) is 26.6. The van der Waals surface area contributed by atoms with E-state index in [4.69, 9.17) is 4.98 Å². The number of hydrogen-bond acceptors (Lipinski definition) is 5. The number of rotatable bonds is 12. The van der Waals surface area contributed by atoms with Crippen molar-refractivity contribution in [2.24, 2.45) is 5.92 Å². The smallest absolute Gasteiger partial charge is 0.317 e. The minimum atomic E-state index is -0.828. The molecule has 1 saturated carbocycles. The van der Waals surface area contributed by atoms with Crippen LogP contribution in [0.25, 0.3) is 11.3 Å². The highest BCUT2D eigenvalue weighted by Gasteiger charge is 2.23. The number of nitrogens with zero attached hydrogens (tertiary/aromatic N) is 2. The number of aliphatic carboxylic acids is 1. The van der Waals surface area contributed by atoms with Crippen LogP contribution in [-0.2, 0) is 23.3 Å². The van der Waals surface area contributed by atoms with E-state index < -0.39 is 5.97 Å². The Balaban J connectivity index is 1.07. The Kier molecular flexibility index (Phi) is 10.3. The Morgan fingerprint density at radius 3 is 2.28 bits per heavy atom. The van der Waals surface area contributed by atoms with Gasteiger partial charge in [-0.25, -0.2) is 4.98 Å². The van der Waals surface area contributed by atoms with Crippen molar-refractivity contribution < 1.29 is 9.90 Å². The van der Waals surface area contributed by atoms with Crippen molar-refractivity contribution in [1.29, 1.82) is 0 Å². The third kappa shape index (κ3) is 9.01. The van der Waals surface area contributed by atoms with E-state index >= 15 is 0 Å². The van der Waals surface area contributed by atoms with Crippen molar-refractivity contribution in [3.63, 3.8) is 0 Å². The normalized spacial score (nSPS) is 17.2. The van der Waals surface area contributed by atoms with E-state index in [1.54, 1.807) is 11.3 Å². The van der Waals surface area contributed by atoms with Gasteiger partial charge in [0.25, 0.3) is 0 Å². The Morgan fingerprint density at radius 2 is 1.63 bits per heavy atom. The van der Waals surface area contributed by atoms with Crippen LogP contribution in [0.5, 0.6) is 0 Å². The van der Waals surface area contributed by atoms with Crippen molar-refractivity contribution in [3.8, 4) is 11.3 Å². The molecule has 2 N–H and O–H groups in total. The van der Waals surface area contributed by atoms with E-state index in [1.807, 2.05) is 35.2 Å². The highest BCUT2D eigenvalue weighted by Crippen LogP contribution is 2.37. The van der Waals surface area contributed by atoms with Gasteiger partial charge in [-0.2, -0.15) is 0 Å². The summed E-state index contributed by atoms with van der Waals surface area (Å²) in [6.07, 6.45) is 6.43. The van der Waals surface area contributed by atoms with Crippen LogP contribution in [-0.4, -0.2) is 34.0 Å². The summed E-state index contributed by atoms with van der Waals surface area (Å²) in [5.74, 6) is 0.680. The molecule has 0 radical (unpaired) electrons. The fourth-order valence-electron chi connectivity index (χ4n) is 6.13. The van der Waals surface area contributed by atoms with Crippen LogP contribution in [0.15, 0.2) is 84.2 Å². The second-order valence-electron chi connectivity index (χ2n) is 13.0. The first-order chi connectivity index (χ1) is 20.7. The molecule has 43 heavy (non-hydrogen) atoms. The Bertz CT molecular complexity index is 1430. The van der Waals surface area contributed by atoms with Gasteiger partial charge in [0, 0.05) is 29.7 Å².